The van der Waals surface area contributed by atoms with E-state index in [1.165, 1.54) is 6.21 Å². The first kappa shape index (κ1) is 15.5. The Bertz CT molecular complexity index is 846. The Hall–Kier alpha value is -3.42. The van der Waals surface area contributed by atoms with Crippen LogP contribution in [0.2, 0.25) is 0 Å². The Balaban J connectivity index is 1.71. The molecule has 0 saturated carbocycles. The zero-order valence-electron chi connectivity index (χ0n) is 12.4. The van der Waals surface area contributed by atoms with Crippen LogP contribution in [-0.4, -0.2) is 17.0 Å². The summed E-state index contributed by atoms with van der Waals surface area (Å²) in [6.07, 6.45) is 1.70. The van der Waals surface area contributed by atoms with Gasteiger partial charge in [0.25, 0.3) is 5.69 Å². The molecule has 2 aromatic carbocycles. The second kappa shape index (κ2) is 6.78. The molecule has 0 aromatic heterocycles. The van der Waals surface area contributed by atoms with Gasteiger partial charge in [0.05, 0.1) is 11.1 Å². The maximum Gasteiger partial charge on any atom is 0.270 e. The van der Waals surface area contributed by atoms with Gasteiger partial charge in [-0.3, -0.25) is 10.1 Å². The summed E-state index contributed by atoms with van der Waals surface area (Å²) in [4.78, 5) is 10.2. The van der Waals surface area contributed by atoms with Crippen molar-refractivity contribution < 1.29 is 10.0 Å². The number of hydrogen-bond donors (Lipinski definition) is 0. The summed E-state index contributed by atoms with van der Waals surface area (Å²) in [5.74, 6) is 0.0812. The Morgan fingerprint density at radius 1 is 1.21 bits per heavy atom. The second-order valence-electron chi connectivity index (χ2n) is 5.09. The fourth-order valence-corrected chi connectivity index (χ4v) is 2.22. The molecule has 8 heteroatoms. The third-order valence-corrected chi connectivity index (χ3v) is 3.45. The molecule has 0 bridgehead atoms. The largest absolute Gasteiger partial charge is 0.872 e. The maximum absolute atomic E-state index is 11.7. The minimum atomic E-state index is -0.571. The van der Waals surface area contributed by atoms with Crippen LogP contribution in [0.4, 0.5) is 5.69 Å². The van der Waals surface area contributed by atoms with Crippen LogP contribution >= 0.6 is 0 Å². The first-order valence-electron chi connectivity index (χ1n) is 7.14. The molecule has 8 nitrogen and oxygen atoms in total. The minimum Gasteiger partial charge on any atom is -0.872 e. The third-order valence-electron chi connectivity index (χ3n) is 3.45. The number of non-ortho nitro benzene ring substituents is 1. The minimum absolute atomic E-state index is 0.0898. The normalized spacial score (nSPS) is 18.5. The van der Waals surface area contributed by atoms with Gasteiger partial charge in [0.15, 0.2) is 5.84 Å². The lowest BCUT2D eigenvalue weighted by Crippen LogP contribution is -1.98. The van der Waals surface area contributed by atoms with Crippen LogP contribution in [0, 0.1) is 10.1 Å². The van der Waals surface area contributed by atoms with Crippen LogP contribution in [-0.2, 0) is 0 Å². The van der Waals surface area contributed by atoms with Gasteiger partial charge in [-0.05, 0) is 11.1 Å². The highest BCUT2D eigenvalue weighted by molar-refractivity contribution is 5.87. The van der Waals surface area contributed by atoms with Crippen LogP contribution in [0.25, 0.3) is 0 Å². The van der Waals surface area contributed by atoms with Gasteiger partial charge in [0.1, 0.15) is 6.04 Å². The molecule has 0 saturated heterocycles. The number of nitrogens with zero attached hydrogens (tertiary/aromatic N) is 5. The molecule has 2 aromatic rings. The molecule has 0 amide bonds. The highest BCUT2D eigenvalue weighted by atomic mass is 16.6. The number of rotatable bonds is 4. The molecule has 0 N–H and O–H groups in total. The van der Waals surface area contributed by atoms with E-state index in [-0.39, 0.29) is 23.0 Å². The summed E-state index contributed by atoms with van der Waals surface area (Å²) in [5.41, 5.74) is 0.965. The quantitative estimate of drug-likeness (QED) is 0.489. The fraction of sp³-hybridized carbons (Fsp3) is 0.125. The maximum atomic E-state index is 11.7. The number of nitro groups is 1. The van der Waals surface area contributed by atoms with E-state index in [0.29, 0.717) is 12.3 Å². The smallest absolute Gasteiger partial charge is 0.270 e. The summed E-state index contributed by atoms with van der Waals surface area (Å²) >= 11 is 0. The molecule has 0 fully saturated rings. The van der Waals surface area contributed by atoms with Crippen molar-refractivity contribution in [1.82, 2.24) is 0 Å². The van der Waals surface area contributed by atoms with Crippen LogP contribution in [0.15, 0.2) is 69.0 Å². The van der Waals surface area contributed by atoms with E-state index >= 15 is 0 Å². The lowest BCUT2D eigenvalue weighted by atomic mass is 10.1. The van der Waals surface area contributed by atoms with Gasteiger partial charge >= 0.3 is 0 Å². The molecule has 1 atom stereocenters. The molecular formula is C16H12N5O3-. The predicted molar refractivity (Wildman–Crippen MR) is 86.2 cm³/mol. The van der Waals surface area contributed by atoms with Crippen LogP contribution in [0.1, 0.15) is 23.6 Å². The Labute approximate surface area is 137 Å². The Morgan fingerprint density at radius 2 is 2.00 bits per heavy atom. The number of hydrogen-bond acceptors (Lipinski definition) is 6. The van der Waals surface area contributed by atoms with Crippen molar-refractivity contribution in [3.8, 4) is 5.75 Å². The summed E-state index contributed by atoms with van der Waals surface area (Å²) in [5, 5.41) is 38.2. The first-order valence-corrected chi connectivity index (χ1v) is 7.14. The first-order chi connectivity index (χ1) is 11.6. The van der Waals surface area contributed by atoms with Crippen LogP contribution < -0.4 is 5.11 Å². The van der Waals surface area contributed by atoms with Crippen molar-refractivity contribution >= 4 is 17.7 Å². The Morgan fingerprint density at radius 3 is 2.75 bits per heavy atom. The van der Waals surface area contributed by atoms with Crippen molar-refractivity contribution in [3.05, 3.63) is 69.8 Å². The highest BCUT2D eigenvalue weighted by Gasteiger charge is 2.19. The average Bonchev–Trinajstić information content (AvgIpc) is 3.06. The van der Waals surface area contributed by atoms with Crippen molar-refractivity contribution in [1.29, 1.82) is 0 Å². The predicted octanol–water partition coefficient (Wildman–Crippen LogP) is 3.00. The lowest BCUT2D eigenvalue weighted by molar-refractivity contribution is -0.385. The standard InChI is InChI=1S/C16H13N5O3/c22-15-7-6-13(21(23)24)8-12(15)10-17-19-16-9-14(18-20-16)11-4-2-1-3-5-11/h1-8,10,14,22H,9H2/p-1/b17-10-,19-16+/t14-/m1/s1. The van der Waals surface area contributed by atoms with Crippen molar-refractivity contribution in [2.75, 3.05) is 0 Å². The number of azo groups is 1. The molecule has 0 radical (unpaired) electrons. The number of nitro benzene ring substituents is 1. The van der Waals surface area contributed by atoms with Crippen molar-refractivity contribution in [2.45, 2.75) is 12.5 Å². The van der Waals surface area contributed by atoms with E-state index in [1.807, 2.05) is 30.3 Å². The zero-order chi connectivity index (χ0) is 16.9. The number of amidine groups is 1. The van der Waals surface area contributed by atoms with Gasteiger partial charge in [0, 0.05) is 18.6 Å². The third kappa shape index (κ3) is 3.49. The van der Waals surface area contributed by atoms with Gasteiger partial charge < -0.3 is 5.11 Å². The summed E-state index contributed by atoms with van der Waals surface area (Å²) in [6, 6.07) is 13.1. The SMILES string of the molecule is O=[N+]([O-])c1ccc([O-])c(/C=N\N=C2/C[C@H](c3ccccc3)N=N2)c1. The summed E-state index contributed by atoms with van der Waals surface area (Å²) in [6.45, 7) is 0. The lowest BCUT2D eigenvalue weighted by Gasteiger charge is -2.07. The molecule has 1 aliphatic heterocycles. The monoisotopic (exact) mass is 322 g/mol. The fourth-order valence-electron chi connectivity index (χ4n) is 2.22. The molecule has 24 heavy (non-hydrogen) atoms. The molecule has 0 spiro atoms. The zero-order valence-corrected chi connectivity index (χ0v) is 12.4. The molecule has 0 unspecified atom stereocenters. The van der Waals surface area contributed by atoms with Gasteiger partial charge in [-0.1, -0.05) is 42.1 Å². The van der Waals surface area contributed by atoms with E-state index < -0.39 is 4.92 Å². The molecular weight excluding hydrogens is 310 g/mol. The van der Waals surface area contributed by atoms with Crippen LogP contribution in [0.5, 0.6) is 5.75 Å². The number of benzene rings is 2. The molecule has 0 aliphatic carbocycles. The van der Waals surface area contributed by atoms with Crippen molar-refractivity contribution in [2.24, 2.45) is 20.4 Å². The topological polar surface area (TPSA) is 116 Å². The Kier molecular flexibility index (Phi) is 4.37. The molecule has 1 aliphatic rings. The van der Waals surface area contributed by atoms with E-state index in [4.69, 9.17) is 0 Å². The van der Waals surface area contributed by atoms with Gasteiger partial charge in [0.2, 0.25) is 0 Å². The van der Waals surface area contributed by atoms with Gasteiger partial charge in [-0.25, -0.2) is 0 Å². The van der Waals surface area contributed by atoms with Crippen molar-refractivity contribution in [3.63, 3.8) is 0 Å². The molecule has 1 heterocycles. The van der Waals surface area contributed by atoms with Gasteiger partial charge in [-0.15, -0.1) is 10.2 Å². The summed E-state index contributed by atoms with van der Waals surface area (Å²) in [7, 11) is 0. The molecule has 3 rings (SSSR count). The highest BCUT2D eigenvalue weighted by Crippen LogP contribution is 2.27. The van der Waals surface area contributed by atoms with E-state index in [9.17, 15) is 15.2 Å². The van der Waals surface area contributed by atoms with E-state index in [1.54, 1.807) is 0 Å². The second-order valence-corrected chi connectivity index (χ2v) is 5.09. The average molecular weight is 322 g/mol. The molecule has 120 valence electrons. The van der Waals surface area contributed by atoms with Crippen LogP contribution in [0.3, 0.4) is 0 Å². The van der Waals surface area contributed by atoms with Gasteiger partial charge in [-0.2, -0.15) is 10.2 Å². The van der Waals surface area contributed by atoms with E-state index in [2.05, 4.69) is 20.4 Å². The van der Waals surface area contributed by atoms with E-state index in [0.717, 1.165) is 23.8 Å². The summed E-state index contributed by atoms with van der Waals surface area (Å²) < 4.78 is 0.